The van der Waals surface area contributed by atoms with Gasteiger partial charge in [0.1, 0.15) is 5.69 Å². The Labute approximate surface area is 195 Å². The first-order chi connectivity index (χ1) is 16.4. The van der Waals surface area contributed by atoms with Crippen molar-refractivity contribution < 1.29 is 14.3 Å². The highest BCUT2D eigenvalue weighted by molar-refractivity contribution is 5.92. The highest BCUT2D eigenvalue weighted by atomic mass is 16.5. The van der Waals surface area contributed by atoms with Crippen LogP contribution in [0.5, 0.6) is 17.4 Å². The van der Waals surface area contributed by atoms with Gasteiger partial charge in [-0.2, -0.15) is 0 Å². The molecule has 9 nitrogen and oxygen atoms in total. The summed E-state index contributed by atoms with van der Waals surface area (Å²) >= 11 is 0. The molecule has 4 aromatic rings. The highest BCUT2D eigenvalue weighted by Gasteiger charge is 2.14. The number of hydrogen-bond donors (Lipinski definition) is 2. The van der Waals surface area contributed by atoms with Crippen LogP contribution in [0.25, 0.3) is 11.5 Å². The van der Waals surface area contributed by atoms with Gasteiger partial charge >= 0.3 is 0 Å². The number of carbonyl (C=O) groups excluding carboxylic acids is 1. The first kappa shape index (κ1) is 22.7. The molecule has 0 radical (unpaired) electrons. The van der Waals surface area contributed by atoms with E-state index in [1.165, 1.54) is 6.20 Å². The lowest BCUT2D eigenvalue weighted by Gasteiger charge is -2.11. The number of ether oxygens (including phenoxy) is 2. The van der Waals surface area contributed by atoms with E-state index in [4.69, 9.17) is 9.47 Å². The fourth-order valence-electron chi connectivity index (χ4n) is 3.29. The average molecular weight is 457 g/mol. The molecule has 9 heteroatoms. The van der Waals surface area contributed by atoms with Crippen molar-refractivity contribution in [1.82, 2.24) is 19.9 Å². The van der Waals surface area contributed by atoms with Crippen molar-refractivity contribution in [2.75, 3.05) is 12.4 Å². The largest absolute Gasteiger partial charge is 0.493 e. The van der Waals surface area contributed by atoms with Crippen LogP contribution in [0.2, 0.25) is 0 Å². The van der Waals surface area contributed by atoms with E-state index in [0.717, 1.165) is 5.56 Å². The molecule has 0 saturated heterocycles. The number of carbonyl (C=O) groups is 1. The Morgan fingerprint density at radius 3 is 2.59 bits per heavy atom. The number of benzene rings is 1. The molecule has 3 aromatic heterocycles. The van der Waals surface area contributed by atoms with Gasteiger partial charge in [0.15, 0.2) is 17.3 Å². The van der Waals surface area contributed by atoms with E-state index in [2.05, 4.69) is 25.3 Å². The Kier molecular flexibility index (Phi) is 6.63. The van der Waals surface area contributed by atoms with Gasteiger partial charge in [0.2, 0.25) is 11.8 Å². The van der Waals surface area contributed by atoms with Crippen molar-refractivity contribution in [3.05, 3.63) is 88.1 Å². The molecule has 1 aromatic carbocycles. The van der Waals surface area contributed by atoms with Crippen LogP contribution in [0.1, 0.15) is 16.8 Å². The fourth-order valence-corrected chi connectivity index (χ4v) is 3.29. The molecule has 0 aliphatic heterocycles. The molecule has 0 aliphatic carbocycles. The molecule has 0 saturated carbocycles. The molecule has 0 aliphatic rings. The number of nitrogens with zero attached hydrogens (tertiary/aromatic N) is 3. The lowest BCUT2D eigenvalue weighted by atomic mass is 10.1. The van der Waals surface area contributed by atoms with E-state index >= 15 is 0 Å². The highest BCUT2D eigenvalue weighted by Crippen LogP contribution is 2.31. The van der Waals surface area contributed by atoms with Gasteiger partial charge in [-0.25, -0.2) is 9.97 Å². The second kappa shape index (κ2) is 9.95. The number of aryl methyl sites for hydroxylation is 2. The number of H-pyrrole nitrogens is 1. The lowest BCUT2D eigenvalue weighted by molar-refractivity contribution is -0.115. The smallest absolute Gasteiger partial charge is 0.255 e. The van der Waals surface area contributed by atoms with E-state index in [1.807, 2.05) is 19.1 Å². The van der Waals surface area contributed by atoms with Crippen LogP contribution in [0.4, 0.5) is 5.69 Å². The molecule has 0 atom stereocenters. The number of aromatic amines is 1. The minimum absolute atomic E-state index is 0.129. The van der Waals surface area contributed by atoms with Crippen LogP contribution in [-0.4, -0.2) is 33.0 Å². The zero-order valence-corrected chi connectivity index (χ0v) is 19.0. The Bertz CT molecular complexity index is 1370. The van der Waals surface area contributed by atoms with Crippen molar-refractivity contribution in [1.29, 1.82) is 0 Å². The predicted octanol–water partition coefficient (Wildman–Crippen LogP) is 3.83. The quantitative estimate of drug-likeness (QED) is 0.433. The standard InChI is InChI=1S/C25H23N5O4/c1-15-7-9-20(21(12-15)33-3)34-23-10-8-17(14-27-23)29-22(31)13-18-16(2)28-24(30-25(18)32)19-6-4-5-11-26-19/h4-12,14H,13H2,1-3H3,(H,29,31)(H,28,30,32). The van der Waals surface area contributed by atoms with Crippen LogP contribution in [0.15, 0.2) is 65.7 Å². The summed E-state index contributed by atoms with van der Waals surface area (Å²) in [5.41, 5.74) is 2.45. The van der Waals surface area contributed by atoms with Crippen molar-refractivity contribution in [2.24, 2.45) is 0 Å². The van der Waals surface area contributed by atoms with E-state index in [1.54, 1.807) is 56.6 Å². The molecule has 4 rings (SSSR count). The molecule has 0 unspecified atom stereocenters. The van der Waals surface area contributed by atoms with E-state index in [0.29, 0.717) is 40.3 Å². The molecular formula is C25H23N5O4. The van der Waals surface area contributed by atoms with Crippen molar-refractivity contribution >= 4 is 11.6 Å². The fraction of sp³-hybridized carbons (Fsp3) is 0.160. The summed E-state index contributed by atoms with van der Waals surface area (Å²) in [6.07, 6.45) is 2.97. The average Bonchev–Trinajstić information content (AvgIpc) is 2.84. The van der Waals surface area contributed by atoms with Crippen LogP contribution in [0.3, 0.4) is 0 Å². The van der Waals surface area contributed by atoms with Crippen LogP contribution < -0.4 is 20.3 Å². The zero-order valence-electron chi connectivity index (χ0n) is 19.0. The molecule has 34 heavy (non-hydrogen) atoms. The number of rotatable bonds is 7. The molecule has 0 bridgehead atoms. The summed E-state index contributed by atoms with van der Waals surface area (Å²) in [5.74, 6) is 1.48. The number of amides is 1. The Balaban J connectivity index is 1.42. The second-order valence-corrected chi connectivity index (χ2v) is 7.56. The SMILES string of the molecule is COc1cc(C)ccc1Oc1ccc(NC(=O)Cc2c(C)nc(-c3ccccn3)[nH]c2=O)cn1. The molecular weight excluding hydrogens is 434 g/mol. The molecule has 0 fully saturated rings. The predicted molar refractivity (Wildman–Crippen MR) is 127 cm³/mol. The van der Waals surface area contributed by atoms with Crippen LogP contribution in [-0.2, 0) is 11.2 Å². The molecule has 1 amide bonds. The van der Waals surface area contributed by atoms with Gasteiger partial charge in [-0.15, -0.1) is 0 Å². The van der Waals surface area contributed by atoms with E-state index in [9.17, 15) is 9.59 Å². The number of pyridine rings is 2. The molecule has 172 valence electrons. The van der Waals surface area contributed by atoms with Gasteiger partial charge in [0.05, 0.1) is 25.4 Å². The van der Waals surface area contributed by atoms with Crippen LogP contribution in [0, 0.1) is 13.8 Å². The minimum atomic E-state index is -0.378. The summed E-state index contributed by atoms with van der Waals surface area (Å²) < 4.78 is 11.1. The van der Waals surface area contributed by atoms with Crippen molar-refractivity contribution in [2.45, 2.75) is 20.3 Å². The minimum Gasteiger partial charge on any atom is -0.493 e. The summed E-state index contributed by atoms with van der Waals surface area (Å²) in [6, 6.07) is 14.2. The summed E-state index contributed by atoms with van der Waals surface area (Å²) in [6.45, 7) is 3.65. The molecule has 2 N–H and O–H groups in total. The monoisotopic (exact) mass is 457 g/mol. The van der Waals surface area contributed by atoms with Gasteiger partial charge < -0.3 is 19.8 Å². The van der Waals surface area contributed by atoms with Gasteiger partial charge in [0, 0.05) is 23.5 Å². The molecule has 0 spiro atoms. The Morgan fingerprint density at radius 2 is 1.91 bits per heavy atom. The second-order valence-electron chi connectivity index (χ2n) is 7.56. The number of hydrogen-bond acceptors (Lipinski definition) is 7. The van der Waals surface area contributed by atoms with Gasteiger partial charge in [-0.05, 0) is 49.7 Å². The first-order valence-corrected chi connectivity index (χ1v) is 10.5. The maximum absolute atomic E-state index is 12.6. The summed E-state index contributed by atoms with van der Waals surface area (Å²) in [4.78, 5) is 40.6. The third kappa shape index (κ3) is 5.26. The number of methoxy groups -OCH3 is 1. The number of nitrogens with one attached hydrogen (secondary N) is 2. The summed E-state index contributed by atoms with van der Waals surface area (Å²) in [5, 5.41) is 2.74. The number of aromatic nitrogens is 4. The van der Waals surface area contributed by atoms with E-state index < -0.39 is 0 Å². The van der Waals surface area contributed by atoms with Crippen molar-refractivity contribution in [3.8, 4) is 28.9 Å². The van der Waals surface area contributed by atoms with Gasteiger partial charge in [-0.1, -0.05) is 12.1 Å². The third-order valence-electron chi connectivity index (χ3n) is 5.02. The summed E-state index contributed by atoms with van der Waals surface area (Å²) in [7, 11) is 1.57. The van der Waals surface area contributed by atoms with Crippen molar-refractivity contribution in [3.63, 3.8) is 0 Å². The van der Waals surface area contributed by atoms with Gasteiger partial charge in [-0.3, -0.25) is 14.6 Å². The van der Waals surface area contributed by atoms with Gasteiger partial charge in [0.25, 0.3) is 5.56 Å². The van der Waals surface area contributed by atoms with Crippen LogP contribution >= 0.6 is 0 Å². The molecule has 3 heterocycles. The zero-order chi connectivity index (χ0) is 24.1. The Hall–Kier alpha value is -4.53. The maximum atomic E-state index is 12.6. The van der Waals surface area contributed by atoms with E-state index in [-0.39, 0.29) is 23.5 Å². The normalized spacial score (nSPS) is 10.6. The number of anilines is 1. The lowest BCUT2D eigenvalue weighted by Crippen LogP contribution is -2.24. The third-order valence-corrected chi connectivity index (χ3v) is 5.02. The Morgan fingerprint density at radius 1 is 1.06 bits per heavy atom. The maximum Gasteiger partial charge on any atom is 0.255 e. The first-order valence-electron chi connectivity index (χ1n) is 10.5. The topological polar surface area (TPSA) is 119 Å².